The van der Waals surface area contributed by atoms with Crippen LogP contribution in [-0.4, -0.2) is 31.3 Å². The number of nitrogen functional groups attached to an aromatic ring is 1. The van der Waals surface area contributed by atoms with Gasteiger partial charge < -0.3 is 10.8 Å². The first kappa shape index (κ1) is 9.13. The first-order chi connectivity index (χ1) is 7.18. The van der Waals surface area contributed by atoms with Gasteiger partial charge in [-0.05, 0) is 28.6 Å². The number of benzene rings is 1. The average Bonchev–Trinajstić information content (AvgIpc) is 2.69. The highest BCUT2D eigenvalue weighted by Crippen LogP contribution is 2.16. The Morgan fingerprint density at radius 2 is 2.27 bits per heavy atom. The van der Waals surface area contributed by atoms with Gasteiger partial charge in [0.1, 0.15) is 6.33 Å². The number of carbonyl (C=O) groups is 1. The second-order valence-electron chi connectivity index (χ2n) is 2.84. The van der Waals surface area contributed by atoms with E-state index in [0.717, 1.165) is 0 Å². The molecule has 0 aliphatic rings. The monoisotopic (exact) mass is 205 g/mol. The van der Waals surface area contributed by atoms with Gasteiger partial charge in [0.2, 0.25) is 0 Å². The van der Waals surface area contributed by atoms with Crippen LogP contribution in [0.3, 0.4) is 0 Å². The Hall–Kier alpha value is -2.44. The second kappa shape index (κ2) is 3.37. The van der Waals surface area contributed by atoms with Crippen molar-refractivity contribution in [3.8, 4) is 5.69 Å². The molecule has 1 aromatic heterocycles. The Morgan fingerprint density at radius 1 is 1.47 bits per heavy atom. The summed E-state index contributed by atoms with van der Waals surface area (Å²) >= 11 is 0. The van der Waals surface area contributed by atoms with Crippen LogP contribution in [0.1, 0.15) is 10.4 Å². The zero-order valence-electron chi connectivity index (χ0n) is 7.53. The highest BCUT2D eigenvalue weighted by molar-refractivity contribution is 5.92. The minimum absolute atomic E-state index is 0.0940. The van der Waals surface area contributed by atoms with Crippen molar-refractivity contribution >= 4 is 11.7 Å². The standard InChI is InChI=1S/C8H7N5O2/c9-5-1-2-6(8(14)15)7(3-5)13-4-10-11-12-13/h1-4H,9H2,(H,14,15). The third kappa shape index (κ3) is 1.62. The molecule has 7 nitrogen and oxygen atoms in total. The number of anilines is 1. The largest absolute Gasteiger partial charge is 0.478 e. The van der Waals surface area contributed by atoms with Crippen molar-refractivity contribution in [1.29, 1.82) is 0 Å². The molecule has 0 saturated heterocycles. The van der Waals surface area contributed by atoms with E-state index in [1.165, 1.54) is 29.2 Å². The molecule has 0 spiro atoms. The van der Waals surface area contributed by atoms with Crippen LogP contribution in [0.2, 0.25) is 0 Å². The van der Waals surface area contributed by atoms with Gasteiger partial charge in [-0.1, -0.05) is 0 Å². The van der Waals surface area contributed by atoms with Gasteiger partial charge in [-0.15, -0.1) is 5.10 Å². The zero-order chi connectivity index (χ0) is 10.8. The van der Waals surface area contributed by atoms with E-state index < -0.39 is 5.97 Å². The lowest BCUT2D eigenvalue weighted by molar-refractivity contribution is 0.0697. The SMILES string of the molecule is Nc1ccc(C(=O)O)c(-n2cnnn2)c1. The quantitative estimate of drug-likeness (QED) is 0.665. The van der Waals surface area contributed by atoms with Gasteiger partial charge in [-0.3, -0.25) is 0 Å². The summed E-state index contributed by atoms with van der Waals surface area (Å²) in [4.78, 5) is 10.9. The maximum Gasteiger partial charge on any atom is 0.337 e. The number of hydrogen-bond donors (Lipinski definition) is 2. The minimum atomic E-state index is -1.06. The van der Waals surface area contributed by atoms with Crippen LogP contribution in [0.25, 0.3) is 5.69 Å². The van der Waals surface area contributed by atoms with Crippen molar-refractivity contribution in [2.24, 2.45) is 0 Å². The molecule has 0 atom stereocenters. The second-order valence-corrected chi connectivity index (χ2v) is 2.84. The van der Waals surface area contributed by atoms with Crippen LogP contribution in [0, 0.1) is 0 Å². The van der Waals surface area contributed by atoms with E-state index in [0.29, 0.717) is 11.4 Å². The molecular formula is C8H7N5O2. The van der Waals surface area contributed by atoms with Gasteiger partial charge in [0.05, 0.1) is 11.3 Å². The topological polar surface area (TPSA) is 107 Å². The lowest BCUT2D eigenvalue weighted by atomic mass is 10.1. The van der Waals surface area contributed by atoms with Crippen molar-refractivity contribution in [2.75, 3.05) is 5.73 Å². The van der Waals surface area contributed by atoms with E-state index in [4.69, 9.17) is 10.8 Å². The van der Waals surface area contributed by atoms with Crippen molar-refractivity contribution in [3.63, 3.8) is 0 Å². The van der Waals surface area contributed by atoms with Crippen molar-refractivity contribution in [1.82, 2.24) is 20.2 Å². The molecule has 15 heavy (non-hydrogen) atoms. The molecule has 0 unspecified atom stereocenters. The van der Waals surface area contributed by atoms with E-state index in [1.54, 1.807) is 0 Å². The number of tetrazole rings is 1. The molecule has 7 heteroatoms. The van der Waals surface area contributed by atoms with Gasteiger partial charge in [-0.2, -0.15) is 4.68 Å². The molecule has 0 radical (unpaired) electrons. The van der Waals surface area contributed by atoms with Crippen molar-refractivity contribution < 1.29 is 9.90 Å². The number of aromatic carboxylic acids is 1. The molecule has 0 fully saturated rings. The van der Waals surface area contributed by atoms with Crippen molar-refractivity contribution in [2.45, 2.75) is 0 Å². The number of carboxylic acid groups (broad SMARTS) is 1. The highest BCUT2D eigenvalue weighted by Gasteiger charge is 2.12. The Kier molecular flexibility index (Phi) is 2.05. The molecule has 76 valence electrons. The smallest absolute Gasteiger partial charge is 0.337 e. The number of hydrogen-bond acceptors (Lipinski definition) is 5. The summed E-state index contributed by atoms with van der Waals surface area (Å²) in [7, 11) is 0. The van der Waals surface area contributed by atoms with Gasteiger partial charge in [0.15, 0.2) is 0 Å². The third-order valence-electron chi connectivity index (χ3n) is 1.85. The minimum Gasteiger partial charge on any atom is -0.478 e. The van der Waals surface area contributed by atoms with E-state index in [2.05, 4.69) is 15.5 Å². The normalized spacial score (nSPS) is 10.1. The van der Waals surface area contributed by atoms with E-state index in [9.17, 15) is 4.79 Å². The lowest BCUT2D eigenvalue weighted by Crippen LogP contribution is -2.06. The maximum absolute atomic E-state index is 10.9. The molecule has 0 amide bonds. The summed E-state index contributed by atoms with van der Waals surface area (Å²) in [6.45, 7) is 0. The molecule has 0 aliphatic carbocycles. The molecular weight excluding hydrogens is 198 g/mol. The number of rotatable bonds is 2. The number of aromatic nitrogens is 4. The third-order valence-corrected chi connectivity index (χ3v) is 1.85. The van der Waals surface area contributed by atoms with E-state index >= 15 is 0 Å². The highest BCUT2D eigenvalue weighted by atomic mass is 16.4. The molecule has 2 aromatic rings. The first-order valence-electron chi connectivity index (χ1n) is 4.04. The fraction of sp³-hybridized carbons (Fsp3) is 0. The molecule has 3 N–H and O–H groups in total. The van der Waals surface area contributed by atoms with Gasteiger partial charge >= 0.3 is 5.97 Å². The van der Waals surface area contributed by atoms with Gasteiger partial charge in [0.25, 0.3) is 0 Å². The van der Waals surface area contributed by atoms with Crippen LogP contribution >= 0.6 is 0 Å². The van der Waals surface area contributed by atoms with Crippen LogP contribution in [-0.2, 0) is 0 Å². The Bertz CT molecular complexity index is 494. The molecule has 0 saturated carbocycles. The maximum atomic E-state index is 10.9. The predicted molar refractivity (Wildman–Crippen MR) is 50.5 cm³/mol. The van der Waals surface area contributed by atoms with E-state index in [1.807, 2.05) is 0 Å². The van der Waals surface area contributed by atoms with Gasteiger partial charge in [0, 0.05) is 5.69 Å². The molecule has 0 bridgehead atoms. The lowest BCUT2D eigenvalue weighted by Gasteiger charge is -2.05. The number of nitrogens with zero attached hydrogens (tertiary/aromatic N) is 4. The average molecular weight is 205 g/mol. The van der Waals surface area contributed by atoms with Crippen LogP contribution < -0.4 is 5.73 Å². The fourth-order valence-corrected chi connectivity index (χ4v) is 1.19. The molecule has 1 heterocycles. The van der Waals surface area contributed by atoms with Crippen molar-refractivity contribution in [3.05, 3.63) is 30.1 Å². The number of carboxylic acids is 1. The van der Waals surface area contributed by atoms with Crippen LogP contribution in [0.5, 0.6) is 0 Å². The molecule has 2 rings (SSSR count). The summed E-state index contributed by atoms with van der Waals surface area (Å²) in [6.07, 6.45) is 1.31. The summed E-state index contributed by atoms with van der Waals surface area (Å²) in [5.74, 6) is -1.06. The Balaban J connectivity index is 2.63. The Labute approximate surface area is 84.1 Å². The summed E-state index contributed by atoms with van der Waals surface area (Å²) in [5.41, 5.74) is 6.44. The van der Waals surface area contributed by atoms with E-state index in [-0.39, 0.29) is 5.56 Å². The summed E-state index contributed by atoms with van der Waals surface area (Å²) in [5, 5.41) is 19.4. The Morgan fingerprint density at radius 3 is 2.87 bits per heavy atom. The molecule has 1 aromatic carbocycles. The predicted octanol–water partition coefficient (Wildman–Crippen LogP) is -0.0573. The summed E-state index contributed by atoms with van der Waals surface area (Å²) < 4.78 is 1.25. The van der Waals surface area contributed by atoms with Crippen LogP contribution in [0.4, 0.5) is 5.69 Å². The first-order valence-corrected chi connectivity index (χ1v) is 4.04. The molecule has 0 aliphatic heterocycles. The summed E-state index contributed by atoms with van der Waals surface area (Å²) in [6, 6.07) is 4.42. The zero-order valence-corrected chi connectivity index (χ0v) is 7.53. The number of nitrogens with two attached hydrogens (primary N) is 1. The van der Waals surface area contributed by atoms with Crippen LogP contribution in [0.15, 0.2) is 24.5 Å². The van der Waals surface area contributed by atoms with Gasteiger partial charge in [-0.25, -0.2) is 4.79 Å². The fourth-order valence-electron chi connectivity index (χ4n) is 1.19.